The lowest BCUT2D eigenvalue weighted by atomic mass is 10.2. The van der Waals surface area contributed by atoms with Crippen LogP contribution in [0.1, 0.15) is 35.9 Å². The molecule has 7 heteroatoms. The van der Waals surface area contributed by atoms with Crippen molar-refractivity contribution < 1.29 is 9.21 Å². The summed E-state index contributed by atoms with van der Waals surface area (Å²) in [6, 6.07) is 11.5. The summed E-state index contributed by atoms with van der Waals surface area (Å²) >= 11 is 0. The minimum atomic E-state index is -0.256. The second-order valence-electron chi connectivity index (χ2n) is 5.74. The van der Waals surface area contributed by atoms with E-state index in [1.165, 1.54) is 19.1 Å². The van der Waals surface area contributed by atoms with Gasteiger partial charge in [0, 0.05) is 18.3 Å². The quantitative estimate of drug-likeness (QED) is 0.356. The van der Waals surface area contributed by atoms with Gasteiger partial charge < -0.3 is 20.4 Å². The van der Waals surface area contributed by atoms with E-state index in [-0.39, 0.29) is 29.9 Å². The number of carbonyl (C=O) groups excluding carboxylic acids is 1. The maximum atomic E-state index is 11.9. The van der Waals surface area contributed by atoms with Gasteiger partial charge in [-0.25, -0.2) is 4.99 Å². The summed E-state index contributed by atoms with van der Waals surface area (Å²) in [4.78, 5) is 16.5. The van der Waals surface area contributed by atoms with Gasteiger partial charge in [0.25, 0.3) is 5.91 Å². The lowest BCUT2D eigenvalue weighted by Crippen LogP contribution is -2.38. The van der Waals surface area contributed by atoms with Crippen molar-refractivity contribution >= 4 is 41.5 Å². The van der Waals surface area contributed by atoms with Gasteiger partial charge in [-0.05, 0) is 49.6 Å². The van der Waals surface area contributed by atoms with Gasteiger partial charge in [-0.1, -0.05) is 12.1 Å². The Morgan fingerprint density at radius 3 is 2.60 bits per heavy atom. The number of hydrogen-bond acceptors (Lipinski definition) is 3. The summed E-state index contributed by atoms with van der Waals surface area (Å²) in [6.07, 6.45) is 3.91. The van der Waals surface area contributed by atoms with Gasteiger partial charge in [0.2, 0.25) is 0 Å². The lowest BCUT2D eigenvalue weighted by Gasteiger charge is -2.10. The maximum Gasteiger partial charge on any atom is 0.291 e. The Bertz CT molecular complexity index is 694. The second kappa shape index (κ2) is 9.45. The zero-order valence-corrected chi connectivity index (χ0v) is 16.4. The van der Waals surface area contributed by atoms with Crippen molar-refractivity contribution in [2.24, 2.45) is 4.99 Å². The van der Waals surface area contributed by atoms with Crippen LogP contribution >= 0.6 is 24.0 Å². The van der Waals surface area contributed by atoms with Gasteiger partial charge in [-0.15, -0.1) is 24.0 Å². The third kappa shape index (κ3) is 6.08. The molecule has 1 amide bonds. The molecular weight excluding hydrogens is 431 g/mol. The molecular formula is C18H23IN4O2. The molecule has 0 atom stereocenters. The van der Waals surface area contributed by atoms with Crippen molar-refractivity contribution in [3.8, 4) is 0 Å². The predicted molar refractivity (Wildman–Crippen MR) is 109 cm³/mol. The first-order valence-electron chi connectivity index (χ1n) is 8.23. The first-order chi connectivity index (χ1) is 11.7. The average molecular weight is 454 g/mol. The summed E-state index contributed by atoms with van der Waals surface area (Å²) in [6.45, 7) is 3.49. The topological polar surface area (TPSA) is 78.7 Å². The highest BCUT2D eigenvalue weighted by Crippen LogP contribution is 2.18. The first-order valence-corrected chi connectivity index (χ1v) is 8.23. The van der Waals surface area contributed by atoms with E-state index in [2.05, 4.69) is 27.9 Å². The number of aliphatic imine (C=N–C) groups is 1. The molecule has 1 aromatic heterocycles. The summed E-state index contributed by atoms with van der Waals surface area (Å²) in [5.41, 5.74) is 1.81. The Kier molecular flexibility index (Phi) is 7.30. The van der Waals surface area contributed by atoms with Gasteiger partial charge in [-0.3, -0.25) is 4.79 Å². The number of carbonyl (C=O) groups is 1. The molecule has 1 fully saturated rings. The Morgan fingerprint density at radius 1 is 1.24 bits per heavy atom. The molecule has 1 aliphatic carbocycles. The summed E-state index contributed by atoms with van der Waals surface area (Å²) in [5.74, 6) is 0.897. The number of benzene rings is 1. The SMILES string of the molecule is CCNC(=NCc1ccc(NC(=O)c2ccco2)cc1)NC1CC1.I. The highest BCUT2D eigenvalue weighted by Gasteiger charge is 2.21. The number of guanidine groups is 1. The van der Waals surface area contributed by atoms with Crippen LogP contribution in [0.15, 0.2) is 52.1 Å². The van der Waals surface area contributed by atoms with Crippen LogP contribution in [-0.4, -0.2) is 24.5 Å². The number of rotatable bonds is 6. The fraction of sp³-hybridized carbons (Fsp3) is 0.333. The van der Waals surface area contributed by atoms with E-state index in [1.807, 2.05) is 24.3 Å². The van der Waals surface area contributed by atoms with Gasteiger partial charge in [-0.2, -0.15) is 0 Å². The summed E-state index contributed by atoms with van der Waals surface area (Å²) in [5, 5.41) is 9.43. The zero-order chi connectivity index (χ0) is 16.8. The van der Waals surface area contributed by atoms with Gasteiger partial charge in [0.1, 0.15) is 0 Å². The van der Waals surface area contributed by atoms with E-state index in [9.17, 15) is 4.79 Å². The number of anilines is 1. The monoisotopic (exact) mass is 454 g/mol. The average Bonchev–Trinajstić information content (AvgIpc) is 3.23. The van der Waals surface area contributed by atoms with E-state index in [0.29, 0.717) is 18.3 Å². The maximum absolute atomic E-state index is 11.9. The largest absolute Gasteiger partial charge is 0.459 e. The molecule has 3 N–H and O–H groups in total. The van der Waals surface area contributed by atoms with Crippen LogP contribution < -0.4 is 16.0 Å². The Balaban J connectivity index is 0.00000225. The van der Waals surface area contributed by atoms with Crippen molar-refractivity contribution in [3.63, 3.8) is 0 Å². The van der Waals surface area contributed by atoms with Crippen molar-refractivity contribution in [2.75, 3.05) is 11.9 Å². The highest BCUT2D eigenvalue weighted by molar-refractivity contribution is 14.0. The van der Waals surface area contributed by atoms with Crippen LogP contribution in [0.3, 0.4) is 0 Å². The molecule has 1 aromatic carbocycles. The molecule has 2 aromatic rings. The smallest absolute Gasteiger partial charge is 0.291 e. The van der Waals surface area contributed by atoms with E-state index < -0.39 is 0 Å². The number of furan rings is 1. The van der Waals surface area contributed by atoms with Crippen LogP contribution in [0.5, 0.6) is 0 Å². The molecule has 1 heterocycles. The van der Waals surface area contributed by atoms with Crippen LogP contribution in [0, 0.1) is 0 Å². The van der Waals surface area contributed by atoms with Crippen molar-refractivity contribution in [3.05, 3.63) is 54.0 Å². The lowest BCUT2D eigenvalue weighted by molar-refractivity contribution is 0.0996. The van der Waals surface area contributed by atoms with E-state index in [4.69, 9.17) is 4.42 Å². The molecule has 1 aliphatic rings. The molecule has 0 bridgehead atoms. The van der Waals surface area contributed by atoms with Crippen molar-refractivity contribution in [2.45, 2.75) is 32.4 Å². The van der Waals surface area contributed by atoms with Crippen LogP contribution in [0.25, 0.3) is 0 Å². The third-order valence-corrected chi connectivity index (χ3v) is 3.64. The standard InChI is InChI=1S/C18H22N4O2.HI/c1-2-19-18(22-15-9-10-15)20-12-13-5-7-14(8-6-13)21-17(23)16-4-3-11-24-16;/h3-8,11,15H,2,9-10,12H2,1H3,(H,21,23)(H2,19,20,22);1H. The molecule has 0 spiro atoms. The number of hydrogen-bond donors (Lipinski definition) is 3. The Morgan fingerprint density at radius 2 is 2.00 bits per heavy atom. The fourth-order valence-electron chi connectivity index (χ4n) is 2.21. The molecule has 1 saturated carbocycles. The summed E-state index contributed by atoms with van der Waals surface area (Å²) in [7, 11) is 0. The van der Waals surface area contributed by atoms with Crippen LogP contribution in [0.2, 0.25) is 0 Å². The molecule has 25 heavy (non-hydrogen) atoms. The van der Waals surface area contributed by atoms with Crippen LogP contribution in [-0.2, 0) is 6.54 Å². The van der Waals surface area contributed by atoms with E-state index in [0.717, 1.165) is 23.8 Å². The zero-order valence-electron chi connectivity index (χ0n) is 14.1. The van der Waals surface area contributed by atoms with E-state index >= 15 is 0 Å². The van der Waals surface area contributed by atoms with Crippen molar-refractivity contribution in [1.82, 2.24) is 10.6 Å². The van der Waals surface area contributed by atoms with Crippen LogP contribution in [0.4, 0.5) is 5.69 Å². The van der Waals surface area contributed by atoms with Gasteiger partial charge in [0.15, 0.2) is 11.7 Å². The van der Waals surface area contributed by atoms with E-state index in [1.54, 1.807) is 12.1 Å². The highest BCUT2D eigenvalue weighted by atomic mass is 127. The molecule has 0 unspecified atom stereocenters. The number of nitrogens with one attached hydrogen (secondary N) is 3. The predicted octanol–water partition coefficient (Wildman–Crippen LogP) is 3.37. The summed E-state index contributed by atoms with van der Waals surface area (Å²) < 4.78 is 5.07. The fourth-order valence-corrected chi connectivity index (χ4v) is 2.21. The normalized spacial score (nSPS) is 13.7. The molecule has 134 valence electrons. The number of halogens is 1. The molecule has 6 nitrogen and oxygen atoms in total. The molecule has 0 aliphatic heterocycles. The minimum absolute atomic E-state index is 0. The third-order valence-electron chi connectivity index (χ3n) is 3.64. The minimum Gasteiger partial charge on any atom is -0.459 e. The molecule has 0 saturated heterocycles. The number of nitrogens with zero attached hydrogens (tertiary/aromatic N) is 1. The molecule has 0 radical (unpaired) electrons. The second-order valence-corrected chi connectivity index (χ2v) is 5.74. The number of amides is 1. The Hall–Kier alpha value is -2.03. The van der Waals surface area contributed by atoms with Gasteiger partial charge in [0.05, 0.1) is 12.8 Å². The Labute approximate surface area is 164 Å². The van der Waals surface area contributed by atoms with Gasteiger partial charge >= 0.3 is 0 Å². The van der Waals surface area contributed by atoms with Crippen molar-refractivity contribution in [1.29, 1.82) is 0 Å². The first kappa shape index (κ1) is 19.3. The molecule has 3 rings (SSSR count).